The number of hydrogen-bond donors (Lipinski definition) is 2. The van der Waals surface area contributed by atoms with Crippen molar-refractivity contribution in [3.63, 3.8) is 0 Å². The van der Waals surface area contributed by atoms with E-state index in [1.54, 1.807) is 14.2 Å². The van der Waals surface area contributed by atoms with Crippen LogP contribution >= 0.6 is 0 Å². The van der Waals surface area contributed by atoms with Gasteiger partial charge in [0.15, 0.2) is 0 Å². The lowest BCUT2D eigenvalue weighted by Gasteiger charge is -2.31. The first-order valence-electron chi connectivity index (χ1n) is 6.39. The molecule has 0 aromatic heterocycles. The summed E-state index contributed by atoms with van der Waals surface area (Å²) >= 11 is 0. The molecule has 18 heavy (non-hydrogen) atoms. The average molecular weight is 260 g/mol. The summed E-state index contributed by atoms with van der Waals surface area (Å²) in [6.07, 6.45) is 1.02. The molecule has 0 aliphatic rings. The van der Waals surface area contributed by atoms with Gasteiger partial charge in [-0.2, -0.15) is 0 Å². The number of nitrogens with one attached hydrogen (secondary N) is 1. The van der Waals surface area contributed by atoms with E-state index in [1.165, 1.54) is 0 Å². The molecule has 0 saturated carbocycles. The first-order chi connectivity index (χ1) is 8.60. The van der Waals surface area contributed by atoms with Gasteiger partial charge in [-0.25, -0.2) is 10.8 Å². The minimum Gasteiger partial charge on any atom is -0.383 e. The third-order valence-electron chi connectivity index (χ3n) is 2.81. The normalized spacial score (nSPS) is 15.3. The molecule has 108 valence electrons. The topological polar surface area (TPSA) is 72.1 Å². The van der Waals surface area contributed by atoms with Crippen molar-refractivity contribution in [3.05, 3.63) is 0 Å². The molecule has 0 fully saturated rings. The second-order valence-electron chi connectivity index (χ2n) is 4.34. The summed E-state index contributed by atoms with van der Waals surface area (Å²) in [5, 5.41) is 0. The number of rotatable bonds is 8. The van der Waals surface area contributed by atoms with Crippen molar-refractivity contribution in [1.82, 2.24) is 10.3 Å². The van der Waals surface area contributed by atoms with Gasteiger partial charge in [-0.05, 0) is 20.3 Å². The highest BCUT2D eigenvalue weighted by molar-refractivity contribution is 5.79. The second-order valence-corrected chi connectivity index (χ2v) is 4.34. The number of ether oxygens (including phenoxy) is 2. The van der Waals surface area contributed by atoms with E-state index in [9.17, 15) is 0 Å². The van der Waals surface area contributed by atoms with Crippen molar-refractivity contribution in [2.45, 2.75) is 39.3 Å². The summed E-state index contributed by atoms with van der Waals surface area (Å²) in [4.78, 5) is 6.65. The lowest BCUT2D eigenvalue weighted by Crippen LogP contribution is -2.50. The number of aliphatic imine (C=N–C) groups is 1. The molecule has 0 amide bonds. The molecule has 0 saturated heterocycles. The van der Waals surface area contributed by atoms with Crippen LogP contribution < -0.4 is 11.3 Å². The quantitative estimate of drug-likeness (QED) is 0.289. The van der Waals surface area contributed by atoms with Gasteiger partial charge in [0.25, 0.3) is 0 Å². The van der Waals surface area contributed by atoms with E-state index in [-0.39, 0.29) is 6.04 Å². The lowest BCUT2D eigenvalue weighted by atomic mass is 10.2. The minimum absolute atomic E-state index is 0.0650. The van der Waals surface area contributed by atoms with Gasteiger partial charge in [-0.1, -0.05) is 6.92 Å². The Labute approximate surface area is 110 Å². The number of hydrogen-bond acceptors (Lipinski definition) is 4. The van der Waals surface area contributed by atoms with Gasteiger partial charge in [-0.15, -0.1) is 0 Å². The Balaban J connectivity index is 4.77. The Kier molecular flexibility index (Phi) is 9.63. The van der Waals surface area contributed by atoms with E-state index in [0.29, 0.717) is 25.2 Å². The first kappa shape index (κ1) is 17.2. The van der Waals surface area contributed by atoms with Crippen LogP contribution in [0, 0.1) is 0 Å². The van der Waals surface area contributed by atoms with Gasteiger partial charge in [0.05, 0.1) is 19.3 Å². The number of hydrazine groups is 1. The molecular formula is C12H28N4O2. The summed E-state index contributed by atoms with van der Waals surface area (Å²) in [6, 6.07) is 0.417. The van der Waals surface area contributed by atoms with Crippen molar-refractivity contribution >= 4 is 5.96 Å². The third-order valence-corrected chi connectivity index (χ3v) is 2.81. The van der Waals surface area contributed by atoms with Crippen molar-refractivity contribution in [2.75, 3.05) is 34.0 Å². The number of nitrogens with two attached hydrogens (primary N) is 1. The predicted molar refractivity (Wildman–Crippen MR) is 74.4 cm³/mol. The summed E-state index contributed by atoms with van der Waals surface area (Å²) in [6.45, 7) is 8.24. The largest absolute Gasteiger partial charge is 0.383 e. The summed E-state index contributed by atoms with van der Waals surface area (Å²) < 4.78 is 10.2. The molecule has 2 unspecified atom stereocenters. The highest BCUT2D eigenvalue weighted by Gasteiger charge is 2.16. The van der Waals surface area contributed by atoms with Gasteiger partial charge >= 0.3 is 0 Å². The van der Waals surface area contributed by atoms with Crippen LogP contribution in [0.5, 0.6) is 0 Å². The monoisotopic (exact) mass is 260 g/mol. The molecular weight excluding hydrogens is 232 g/mol. The van der Waals surface area contributed by atoms with E-state index in [0.717, 1.165) is 13.0 Å². The van der Waals surface area contributed by atoms with Crippen LogP contribution in [0.3, 0.4) is 0 Å². The molecule has 0 aromatic carbocycles. The van der Waals surface area contributed by atoms with E-state index >= 15 is 0 Å². The Hall–Kier alpha value is -0.850. The zero-order chi connectivity index (χ0) is 14.0. The van der Waals surface area contributed by atoms with Crippen molar-refractivity contribution in [2.24, 2.45) is 10.8 Å². The molecule has 3 N–H and O–H groups in total. The van der Waals surface area contributed by atoms with Crippen LogP contribution in [0.2, 0.25) is 0 Å². The maximum atomic E-state index is 5.58. The van der Waals surface area contributed by atoms with Crippen molar-refractivity contribution in [1.29, 1.82) is 0 Å². The van der Waals surface area contributed by atoms with Gasteiger partial charge in [-0.3, -0.25) is 5.43 Å². The zero-order valence-electron chi connectivity index (χ0n) is 12.3. The summed E-state index contributed by atoms with van der Waals surface area (Å²) in [7, 11) is 3.36. The van der Waals surface area contributed by atoms with Gasteiger partial charge in [0, 0.05) is 26.8 Å². The van der Waals surface area contributed by atoms with E-state index < -0.39 is 0 Å². The smallest absolute Gasteiger partial charge is 0.209 e. The fraction of sp³-hybridized carbons (Fsp3) is 0.917. The molecule has 0 radical (unpaired) electrons. The standard InChI is InChI=1S/C12H28N4O2/c1-6-11(3)16(7-8-17-4)12(15-13)14-10(2)9-18-5/h10-11H,6-9,13H2,1-5H3,(H,14,15). The molecule has 0 rings (SSSR count). The van der Waals surface area contributed by atoms with Crippen LogP contribution in [0.15, 0.2) is 4.99 Å². The molecule has 0 aliphatic heterocycles. The Morgan fingerprint density at radius 3 is 2.44 bits per heavy atom. The molecule has 6 nitrogen and oxygen atoms in total. The van der Waals surface area contributed by atoms with Crippen LogP contribution in [0.25, 0.3) is 0 Å². The Morgan fingerprint density at radius 2 is 2.00 bits per heavy atom. The predicted octanol–water partition coefficient (Wildman–Crippen LogP) is 0.588. The molecule has 2 atom stereocenters. The van der Waals surface area contributed by atoms with E-state index in [4.69, 9.17) is 15.3 Å². The summed E-state index contributed by atoms with van der Waals surface area (Å²) in [5.74, 6) is 6.26. The minimum atomic E-state index is 0.0650. The Morgan fingerprint density at radius 1 is 1.33 bits per heavy atom. The van der Waals surface area contributed by atoms with Crippen LogP contribution in [-0.2, 0) is 9.47 Å². The van der Waals surface area contributed by atoms with Gasteiger partial charge < -0.3 is 14.4 Å². The number of methoxy groups -OCH3 is 2. The van der Waals surface area contributed by atoms with Gasteiger partial charge in [0.1, 0.15) is 0 Å². The van der Waals surface area contributed by atoms with Crippen molar-refractivity contribution in [3.8, 4) is 0 Å². The maximum Gasteiger partial charge on any atom is 0.209 e. The fourth-order valence-electron chi connectivity index (χ4n) is 1.63. The van der Waals surface area contributed by atoms with Crippen LogP contribution in [-0.4, -0.2) is 56.9 Å². The second kappa shape index (κ2) is 10.1. The van der Waals surface area contributed by atoms with Crippen LogP contribution in [0.1, 0.15) is 27.2 Å². The van der Waals surface area contributed by atoms with E-state index in [2.05, 4.69) is 29.2 Å². The number of nitrogens with zero attached hydrogens (tertiary/aromatic N) is 2. The van der Waals surface area contributed by atoms with Crippen molar-refractivity contribution < 1.29 is 9.47 Å². The zero-order valence-corrected chi connectivity index (χ0v) is 12.3. The van der Waals surface area contributed by atoms with E-state index in [1.807, 2.05) is 6.92 Å². The highest BCUT2D eigenvalue weighted by atomic mass is 16.5. The molecule has 0 aliphatic carbocycles. The molecule has 0 aromatic rings. The highest BCUT2D eigenvalue weighted by Crippen LogP contribution is 2.05. The molecule has 0 heterocycles. The first-order valence-corrected chi connectivity index (χ1v) is 6.39. The summed E-state index contributed by atoms with van der Waals surface area (Å²) in [5.41, 5.74) is 2.68. The fourth-order valence-corrected chi connectivity index (χ4v) is 1.63. The lowest BCUT2D eigenvalue weighted by molar-refractivity contribution is 0.159. The van der Waals surface area contributed by atoms with Gasteiger partial charge in [0.2, 0.25) is 5.96 Å². The molecule has 0 spiro atoms. The number of guanidine groups is 1. The third kappa shape index (κ3) is 6.18. The average Bonchev–Trinajstić information content (AvgIpc) is 2.37. The Bertz CT molecular complexity index is 236. The molecule has 6 heteroatoms. The molecule has 0 bridgehead atoms. The maximum absolute atomic E-state index is 5.58. The van der Waals surface area contributed by atoms with Crippen LogP contribution in [0.4, 0.5) is 0 Å². The SMILES string of the molecule is CCC(C)N(CCOC)C(=NC(C)COC)NN.